The second-order valence-electron chi connectivity index (χ2n) is 4.44. The zero-order chi connectivity index (χ0) is 13.7. The summed E-state index contributed by atoms with van der Waals surface area (Å²) in [6, 6.07) is 4.05. The van der Waals surface area contributed by atoms with Crippen molar-refractivity contribution in [1.82, 2.24) is 5.32 Å². The molecular formula is C14H21NO3. The summed E-state index contributed by atoms with van der Waals surface area (Å²) in [6.07, 6.45) is -0.831. The molecule has 0 heterocycles. The first-order valence-electron chi connectivity index (χ1n) is 6.16. The Hall–Kier alpha value is -1.55. The number of aliphatic carboxylic acids is 1. The molecule has 1 unspecified atom stereocenters. The van der Waals surface area contributed by atoms with Crippen LogP contribution in [0.5, 0.6) is 5.75 Å². The smallest absolute Gasteiger partial charge is 0.344 e. The molecule has 1 aromatic carbocycles. The third-order valence-corrected chi connectivity index (χ3v) is 2.74. The van der Waals surface area contributed by atoms with E-state index < -0.39 is 12.1 Å². The number of carboxylic acid groups (broad SMARTS) is 1. The van der Waals surface area contributed by atoms with Gasteiger partial charge >= 0.3 is 5.97 Å². The molecule has 0 aliphatic rings. The average Bonchev–Trinajstić information content (AvgIpc) is 2.30. The normalized spacial score (nSPS) is 12.2. The van der Waals surface area contributed by atoms with Crippen molar-refractivity contribution in [3.05, 3.63) is 28.8 Å². The molecule has 1 atom stereocenters. The number of hydrogen-bond donors (Lipinski definition) is 2. The van der Waals surface area contributed by atoms with Crippen molar-refractivity contribution in [3.63, 3.8) is 0 Å². The molecule has 0 fully saturated rings. The van der Waals surface area contributed by atoms with Crippen molar-refractivity contribution in [2.24, 2.45) is 0 Å². The van der Waals surface area contributed by atoms with Crippen LogP contribution in [0, 0.1) is 13.8 Å². The molecule has 4 heteroatoms. The first-order valence-corrected chi connectivity index (χ1v) is 6.16. The van der Waals surface area contributed by atoms with Crippen LogP contribution in [0.2, 0.25) is 0 Å². The number of rotatable bonds is 6. The van der Waals surface area contributed by atoms with E-state index in [1.807, 2.05) is 26.0 Å². The van der Waals surface area contributed by atoms with Gasteiger partial charge in [0.2, 0.25) is 0 Å². The standard InChI is InChI=1S/C14H21NO3/c1-5-15-8-12-6-9(2)13(10(3)7-12)18-11(4)14(16)17/h6-7,11,15H,5,8H2,1-4H3,(H,16,17). The summed E-state index contributed by atoms with van der Waals surface area (Å²) in [7, 11) is 0. The number of aryl methyl sites for hydroxylation is 2. The molecule has 0 aliphatic carbocycles. The fourth-order valence-corrected chi connectivity index (χ4v) is 1.82. The monoisotopic (exact) mass is 251 g/mol. The Morgan fingerprint density at radius 2 is 1.94 bits per heavy atom. The highest BCUT2D eigenvalue weighted by Gasteiger charge is 2.15. The zero-order valence-electron chi connectivity index (χ0n) is 11.4. The van der Waals surface area contributed by atoms with Gasteiger partial charge in [-0.25, -0.2) is 4.79 Å². The average molecular weight is 251 g/mol. The van der Waals surface area contributed by atoms with Gasteiger partial charge in [0.1, 0.15) is 5.75 Å². The van der Waals surface area contributed by atoms with Crippen molar-refractivity contribution in [2.45, 2.75) is 40.3 Å². The third kappa shape index (κ3) is 3.74. The van der Waals surface area contributed by atoms with Crippen LogP contribution in [0.1, 0.15) is 30.5 Å². The van der Waals surface area contributed by atoms with E-state index in [9.17, 15) is 4.79 Å². The van der Waals surface area contributed by atoms with Gasteiger partial charge < -0.3 is 15.2 Å². The molecule has 0 bridgehead atoms. The second-order valence-corrected chi connectivity index (χ2v) is 4.44. The lowest BCUT2D eigenvalue weighted by Gasteiger charge is -2.16. The molecule has 0 aliphatic heterocycles. The van der Waals surface area contributed by atoms with Crippen LogP contribution in [0.15, 0.2) is 12.1 Å². The zero-order valence-corrected chi connectivity index (χ0v) is 11.4. The Kier molecular flexibility index (Phi) is 5.16. The van der Waals surface area contributed by atoms with Crippen molar-refractivity contribution >= 4 is 5.97 Å². The lowest BCUT2D eigenvalue weighted by Crippen LogP contribution is -2.23. The molecule has 0 aromatic heterocycles. The summed E-state index contributed by atoms with van der Waals surface area (Å²) in [6.45, 7) is 9.21. The van der Waals surface area contributed by atoms with E-state index in [2.05, 4.69) is 12.2 Å². The maximum absolute atomic E-state index is 10.8. The Morgan fingerprint density at radius 3 is 2.39 bits per heavy atom. The van der Waals surface area contributed by atoms with Crippen molar-refractivity contribution in [1.29, 1.82) is 0 Å². The van der Waals surface area contributed by atoms with Gasteiger partial charge in [-0.15, -0.1) is 0 Å². The molecule has 1 rings (SSSR count). The van der Waals surface area contributed by atoms with E-state index in [1.54, 1.807) is 0 Å². The fourth-order valence-electron chi connectivity index (χ4n) is 1.82. The van der Waals surface area contributed by atoms with Gasteiger partial charge in [-0.3, -0.25) is 0 Å². The predicted octanol–water partition coefficient (Wildman–Crippen LogP) is 2.26. The second kappa shape index (κ2) is 6.40. The minimum Gasteiger partial charge on any atom is -0.479 e. The lowest BCUT2D eigenvalue weighted by molar-refractivity contribution is -0.144. The van der Waals surface area contributed by atoms with E-state index in [4.69, 9.17) is 9.84 Å². The summed E-state index contributed by atoms with van der Waals surface area (Å²) in [5.41, 5.74) is 3.12. The highest BCUT2D eigenvalue weighted by Crippen LogP contribution is 2.25. The first kappa shape index (κ1) is 14.5. The number of carbonyl (C=O) groups is 1. The largest absolute Gasteiger partial charge is 0.479 e. The fraction of sp³-hybridized carbons (Fsp3) is 0.500. The van der Waals surface area contributed by atoms with Gasteiger partial charge in [-0.1, -0.05) is 19.1 Å². The maximum atomic E-state index is 10.8. The molecule has 0 saturated carbocycles. The molecule has 2 N–H and O–H groups in total. The molecule has 18 heavy (non-hydrogen) atoms. The molecule has 0 radical (unpaired) electrons. The predicted molar refractivity (Wildman–Crippen MR) is 71.0 cm³/mol. The Balaban J connectivity index is 2.90. The van der Waals surface area contributed by atoms with Crippen LogP contribution in [-0.2, 0) is 11.3 Å². The topological polar surface area (TPSA) is 58.6 Å². The van der Waals surface area contributed by atoms with E-state index in [-0.39, 0.29) is 0 Å². The third-order valence-electron chi connectivity index (χ3n) is 2.74. The summed E-state index contributed by atoms with van der Waals surface area (Å²) in [5, 5.41) is 12.1. The van der Waals surface area contributed by atoms with Gasteiger partial charge in [0.05, 0.1) is 0 Å². The summed E-state index contributed by atoms with van der Waals surface area (Å²) in [4.78, 5) is 10.8. The quantitative estimate of drug-likeness (QED) is 0.814. The number of ether oxygens (including phenoxy) is 1. The van der Waals surface area contributed by atoms with Crippen LogP contribution in [0.4, 0.5) is 0 Å². The molecule has 100 valence electrons. The maximum Gasteiger partial charge on any atom is 0.344 e. The number of carboxylic acids is 1. The van der Waals surface area contributed by atoms with Crippen LogP contribution >= 0.6 is 0 Å². The van der Waals surface area contributed by atoms with Crippen LogP contribution in [-0.4, -0.2) is 23.7 Å². The van der Waals surface area contributed by atoms with Gasteiger partial charge in [0, 0.05) is 6.54 Å². The Morgan fingerprint density at radius 1 is 1.39 bits per heavy atom. The molecule has 1 aromatic rings. The molecular weight excluding hydrogens is 230 g/mol. The van der Waals surface area contributed by atoms with Crippen molar-refractivity contribution < 1.29 is 14.6 Å². The Bertz CT molecular complexity index is 406. The van der Waals surface area contributed by atoms with Gasteiger partial charge in [0.15, 0.2) is 6.10 Å². The van der Waals surface area contributed by atoms with E-state index >= 15 is 0 Å². The minimum absolute atomic E-state index is 0.671. The molecule has 4 nitrogen and oxygen atoms in total. The number of benzene rings is 1. The molecule has 0 amide bonds. The van der Waals surface area contributed by atoms with E-state index in [0.29, 0.717) is 5.75 Å². The summed E-state index contributed by atoms with van der Waals surface area (Å²) >= 11 is 0. The Labute approximate surface area is 108 Å². The van der Waals surface area contributed by atoms with Crippen molar-refractivity contribution in [2.75, 3.05) is 6.54 Å². The van der Waals surface area contributed by atoms with Crippen LogP contribution < -0.4 is 10.1 Å². The molecule has 0 saturated heterocycles. The van der Waals surface area contributed by atoms with Crippen molar-refractivity contribution in [3.8, 4) is 5.75 Å². The van der Waals surface area contributed by atoms with Gasteiger partial charge in [-0.05, 0) is 44.0 Å². The van der Waals surface area contributed by atoms with E-state index in [0.717, 1.165) is 24.2 Å². The summed E-state index contributed by atoms with van der Waals surface area (Å²) in [5.74, 6) is -0.282. The van der Waals surface area contributed by atoms with E-state index in [1.165, 1.54) is 12.5 Å². The first-order chi connectivity index (χ1) is 8.45. The minimum atomic E-state index is -0.953. The van der Waals surface area contributed by atoms with Gasteiger partial charge in [0.25, 0.3) is 0 Å². The van der Waals surface area contributed by atoms with Gasteiger partial charge in [-0.2, -0.15) is 0 Å². The summed E-state index contributed by atoms with van der Waals surface area (Å²) < 4.78 is 5.48. The van der Waals surface area contributed by atoms with Crippen LogP contribution in [0.25, 0.3) is 0 Å². The van der Waals surface area contributed by atoms with Crippen LogP contribution in [0.3, 0.4) is 0 Å². The number of hydrogen-bond acceptors (Lipinski definition) is 3. The number of nitrogens with one attached hydrogen (secondary N) is 1. The SMILES string of the molecule is CCNCc1cc(C)c(OC(C)C(=O)O)c(C)c1. The highest BCUT2D eigenvalue weighted by molar-refractivity contribution is 5.72. The molecule has 0 spiro atoms. The highest BCUT2D eigenvalue weighted by atomic mass is 16.5. The lowest BCUT2D eigenvalue weighted by atomic mass is 10.1.